The van der Waals surface area contributed by atoms with Gasteiger partial charge in [0.2, 0.25) is 5.91 Å². The third-order valence-electron chi connectivity index (χ3n) is 4.10. The Morgan fingerprint density at radius 1 is 1.15 bits per heavy atom. The summed E-state index contributed by atoms with van der Waals surface area (Å²) in [7, 11) is 0. The summed E-state index contributed by atoms with van der Waals surface area (Å²) < 4.78 is 39.8. The Hall–Kier alpha value is -2.29. The minimum absolute atomic E-state index is 0.0207. The van der Waals surface area contributed by atoms with Gasteiger partial charge in [-0.3, -0.25) is 9.59 Å². The molecule has 1 saturated heterocycles. The number of alkyl halides is 3. The van der Waals surface area contributed by atoms with E-state index in [4.69, 9.17) is 11.6 Å². The lowest BCUT2D eigenvalue weighted by Crippen LogP contribution is -2.45. The van der Waals surface area contributed by atoms with Crippen LogP contribution in [-0.2, 0) is 9.53 Å². The van der Waals surface area contributed by atoms with Crippen molar-refractivity contribution in [1.82, 2.24) is 10.2 Å². The predicted octanol–water partition coefficient (Wildman–Crippen LogP) is 3.05. The molecule has 1 aliphatic heterocycles. The summed E-state index contributed by atoms with van der Waals surface area (Å²) in [6.07, 6.45) is -5.01. The molecule has 2 amide bonds. The van der Waals surface area contributed by atoms with E-state index in [0.717, 1.165) is 0 Å². The third kappa shape index (κ3) is 6.74. The molecule has 0 atom stereocenters. The molecule has 10 heteroatoms. The van der Waals surface area contributed by atoms with Gasteiger partial charge in [-0.1, -0.05) is 11.6 Å². The maximum atomic E-state index is 12.4. The summed E-state index contributed by atoms with van der Waals surface area (Å²) in [5.74, 6) is -0.691. The van der Waals surface area contributed by atoms with Crippen LogP contribution in [0.1, 0.15) is 23.2 Å². The van der Waals surface area contributed by atoms with E-state index in [-0.39, 0.29) is 11.7 Å². The first-order valence-corrected chi connectivity index (χ1v) is 8.58. The largest absolute Gasteiger partial charge is 0.440 e. The average molecular weight is 407 g/mol. The number of halogens is 4. The van der Waals surface area contributed by atoms with E-state index in [1.54, 1.807) is 24.3 Å². The molecule has 0 unspecified atom stereocenters. The molecule has 0 bridgehead atoms. The fourth-order valence-electron chi connectivity index (χ4n) is 2.70. The number of Topliss-reactive ketones (excluding diaryl/α,β-unsaturated/α-hetero) is 1. The van der Waals surface area contributed by atoms with Gasteiger partial charge in [-0.15, -0.1) is 0 Å². The van der Waals surface area contributed by atoms with E-state index < -0.39 is 31.3 Å². The smallest absolute Gasteiger partial charge is 0.422 e. The number of nitrogens with zero attached hydrogens (tertiary/aromatic N) is 1. The summed E-state index contributed by atoms with van der Waals surface area (Å²) in [5.41, 5.74) is 0.554. The monoisotopic (exact) mass is 406 g/mol. The Morgan fingerprint density at radius 2 is 1.74 bits per heavy atom. The molecule has 27 heavy (non-hydrogen) atoms. The van der Waals surface area contributed by atoms with E-state index in [9.17, 15) is 27.6 Å². The van der Waals surface area contributed by atoms with Gasteiger partial charge in [-0.25, -0.2) is 4.79 Å². The molecule has 0 aliphatic carbocycles. The van der Waals surface area contributed by atoms with Gasteiger partial charge in [0.25, 0.3) is 0 Å². The second kappa shape index (κ2) is 9.07. The van der Waals surface area contributed by atoms with Crippen molar-refractivity contribution in [3.05, 3.63) is 34.9 Å². The van der Waals surface area contributed by atoms with Crippen LogP contribution >= 0.6 is 11.6 Å². The number of likely N-dealkylation sites (tertiary alicyclic amines) is 1. The first kappa shape index (κ1) is 21.0. The van der Waals surface area contributed by atoms with Crippen LogP contribution in [0.15, 0.2) is 24.3 Å². The molecule has 6 nitrogen and oxygen atoms in total. The lowest BCUT2D eigenvalue weighted by atomic mass is 9.89. The van der Waals surface area contributed by atoms with Crippen molar-refractivity contribution < 1.29 is 32.3 Å². The second-order valence-electron chi connectivity index (χ2n) is 6.07. The number of carbonyl (C=O) groups excluding carboxylic acids is 3. The molecule has 0 aromatic heterocycles. The summed E-state index contributed by atoms with van der Waals surface area (Å²) in [6, 6.07) is 6.57. The zero-order chi connectivity index (χ0) is 20.0. The van der Waals surface area contributed by atoms with Crippen LogP contribution in [0.3, 0.4) is 0 Å². The number of hydrogen-bond acceptors (Lipinski definition) is 4. The number of carbonyl (C=O) groups is 3. The number of alkyl carbamates (subject to hydrolysis) is 1. The van der Waals surface area contributed by atoms with Gasteiger partial charge in [0.05, 0.1) is 0 Å². The van der Waals surface area contributed by atoms with E-state index in [1.165, 1.54) is 4.90 Å². The second-order valence-corrected chi connectivity index (χ2v) is 6.51. The van der Waals surface area contributed by atoms with Crippen LogP contribution in [0.2, 0.25) is 5.02 Å². The minimum atomic E-state index is -4.63. The van der Waals surface area contributed by atoms with Crippen molar-refractivity contribution in [2.45, 2.75) is 19.0 Å². The molecule has 0 radical (unpaired) electrons. The van der Waals surface area contributed by atoms with Gasteiger partial charge in [-0.05, 0) is 37.1 Å². The molecule has 1 heterocycles. The Labute approximate surface area is 158 Å². The highest BCUT2D eigenvalue weighted by Crippen LogP contribution is 2.22. The lowest BCUT2D eigenvalue weighted by Gasteiger charge is -2.31. The Balaban J connectivity index is 1.74. The molecule has 1 aliphatic rings. The number of ether oxygens (including phenoxy) is 1. The number of piperidine rings is 1. The third-order valence-corrected chi connectivity index (χ3v) is 4.35. The van der Waals surface area contributed by atoms with Gasteiger partial charge >= 0.3 is 12.3 Å². The first-order valence-electron chi connectivity index (χ1n) is 8.20. The number of rotatable bonds is 5. The zero-order valence-electron chi connectivity index (χ0n) is 14.2. The molecular weight excluding hydrogens is 389 g/mol. The summed E-state index contributed by atoms with van der Waals surface area (Å²) >= 11 is 5.80. The van der Waals surface area contributed by atoms with Crippen LogP contribution in [0.25, 0.3) is 0 Å². The van der Waals surface area contributed by atoms with Crippen molar-refractivity contribution in [2.75, 3.05) is 26.2 Å². The Bertz CT molecular complexity index is 686. The van der Waals surface area contributed by atoms with Gasteiger partial charge in [0, 0.05) is 29.6 Å². The van der Waals surface area contributed by atoms with Gasteiger partial charge in [0.15, 0.2) is 12.4 Å². The quantitative estimate of drug-likeness (QED) is 0.762. The van der Waals surface area contributed by atoms with Crippen LogP contribution in [-0.4, -0.2) is 55.1 Å². The Kier molecular flexibility index (Phi) is 7.06. The number of hydrogen-bond donors (Lipinski definition) is 1. The molecule has 2 rings (SSSR count). The van der Waals surface area contributed by atoms with Crippen molar-refractivity contribution in [1.29, 1.82) is 0 Å². The molecule has 0 saturated carbocycles. The highest BCUT2D eigenvalue weighted by molar-refractivity contribution is 6.30. The minimum Gasteiger partial charge on any atom is -0.440 e. The molecule has 1 fully saturated rings. The van der Waals surface area contributed by atoms with Crippen molar-refractivity contribution in [2.24, 2.45) is 5.92 Å². The number of nitrogens with one attached hydrogen (secondary N) is 1. The average Bonchev–Trinajstić information content (AvgIpc) is 2.64. The van der Waals surface area contributed by atoms with Crippen LogP contribution in [0.4, 0.5) is 18.0 Å². The van der Waals surface area contributed by atoms with Crippen LogP contribution in [0.5, 0.6) is 0 Å². The summed E-state index contributed by atoms with van der Waals surface area (Å²) in [4.78, 5) is 37.1. The van der Waals surface area contributed by atoms with Gasteiger partial charge in [-0.2, -0.15) is 13.2 Å². The highest BCUT2D eigenvalue weighted by Gasteiger charge is 2.30. The predicted molar refractivity (Wildman–Crippen MR) is 90.5 cm³/mol. The number of ketones is 1. The maximum absolute atomic E-state index is 12.4. The molecule has 148 valence electrons. The highest BCUT2D eigenvalue weighted by atomic mass is 35.5. The van der Waals surface area contributed by atoms with E-state index >= 15 is 0 Å². The molecule has 0 spiro atoms. The first-order chi connectivity index (χ1) is 12.7. The topological polar surface area (TPSA) is 75.7 Å². The van der Waals surface area contributed by atoms with E-state index in [2.05, 4.69) is 4.74 Å². The van der Waals surface area contributed by atoms with E-state index in [0.29, 0.717) is 36.5 Å². The standard InChI is InChI=1S/C17H18ClF3N2O4/c18-13-3-1-11(2-4-13)15(25)12-5-7-23(8-6-12)14(24)9-22-16(26)27-10-17(19,20)21/h1-4,12H,5-10H2,(H,22,26). The summed E-state index contributed by atoms with van der Waals surface area (Å²) in [6.45, 7) is -1.54. The van der Waals surface area contributed by atoms with Crippen LogP contribution in [0, 0.1) is 5.92 Å². The normalized spacial score (nSPS) is 15.3. The van der Waals surface area contributed by atoms with E-state index in [1.807, 2.05) is 5.32 Å². The number of benzene rings is 1. The SMILES string of the molecule is O=C(NCC(=O)N1CCC(C(=O)c2ccc(Cl)cc2)CC1)OCC(F)(F)F. The molecule has 1 N–H and O–H groups in total. The molecule has 1 aromatic carbocycles. The zero-order valence-corrected chi connectivity index (χ0v) is 15.0. The van der Waals surface area contributed by atoms with Crippen molar-refractivity contribution in [3.8, 4) is 0 Å². The summed E-state index contributed by atoms with van der Waals surface area (Å²) in [5, 5.41) is 2.52. The number of amides is 2. The molecular formula is C17H18ClF3N2O4. The fourth-order valence-corrected chi connectivity index (χ4v) is 2.82. The Morgan fingerprint density at radius 3 is 2.30 bits per heavy atom. The van der Waals surface area contributed by atoms with Gasteiger partial charge in [0.1, 0.15) is 6.54 Å². The van der Waals surface area contributed by atoms with Crippen molar-refractivity contribution >= 4 is 29.4 Å². The van der Waals surface area contributed by atoms with Gasteiger partial charge < -0.3 is 15.0 Å². The maximum Gasteiger partial charge on any atom is 0.422 e. The lowest BCUT2D eigenvalue weighted by molar-refractivity contribution is -0.160. The van der Waals surface area contributed by atoms with Crippen LogP contribution < -0.4 is 5.32 Å². The molecule has 1 aromatic rings. The fraction of sp³-hybridized carbons (Fsp3) is 0.471. The van der Waals surface area contributed by atoms with Crippen molar-refractivity contribution in [3.63, 3.8) is 0 Å².